The highest BCUT2D eigenvalue weighted by Gasteiger charge is 2.28. The number of hydrogen-bond donors (Lipinski definition) is 1. The summed E-state index contributed by atoms with van der Waals surface area (Å²) in [6, 6.07) is 4.81. The van der Waals surface area contributed by atoms with Gasteiger partial charge in [-0.15, -0.1) is 0 Å². The maximum absolute atomic E-state index is 12.1. The van der Waals surface area contributed by atoms with Crippen LogP contribution >= 0.6 is 23.2 Å². The Morgan fingerprint density at radius 2 is 1.86 bits per heavy atom. The Bertz CT molecular complexity index is 581. The van der Waals surface area contributed by atoms with E-state index >= 15 is 0 Å². The second kappa shape index (κ2) is 7.01. The summed E-state index contributed by atoms with van der Waals surface area (Å²) in [7, 11) is 0. The molecular formula is C17H22Cl2N2O. The molecule has 22 heavy (non-hydrogen) atoms. The molecule has 0 heterocycles. The van der Waals surface area contributed by atoms with Gasteiger partial charge in [-0.2, -0.15) is 5.10 Å². The fraction of sp³-hybridized carbons (Fsp3) is 0.529. The summed E-state index contributed by atoms with van der Waals surface area (Å²) >= 11 is 11.8. The second-order valence-corrected chi connectivity index (χ2v) is 7.73. The molecule has 1 aliphatic rings. The zero-order valence-corrected chi connectivity index (χ0v) is 14.8. The van der Waals surface area contributed by atoms with Gasteiger partial charge in [-0.3, -0.25) is 4.79 Å². The van der Waals surface area contributed by atoms with Crippen molar-refractivity contribution in [3.63, 3.8) is 0 Å². The van der Waals surface area contributed by atoms with Crippen molar-refractivity contribution in [3.8, 4) is 0 Å². The summed E-state index contributed by atoms with van der Waals surface area (Å²) < 4.78 is 0. The first-order valence-corrected chi connectivity index (χ1v) is 8.34. The summed E-state index contributed by atoms with van der Waals surface area (Å²) in [6.45, 7) is 6.85. The van der Waals surface area contributed by atoms with Gasteiger partial charge in [-0.1, -0.05) is 44.0 Å². The molecule has 0 atom stereocenters. The third kappa shape index (κ3) is 4.47. The third-order valence-electron chi connectivity index (χ3n) is 4.28. The molecule has 1 saturated carbocycles. The van der Waals surface area contributed by atoms with Gasteiger partial charge in [0.25, 0.3) is 5.91 Å². The van der Waals surface area contributed by atoms with E-state index < -0.39 is 0 Å². The Kier molecular flexibility index (Phi) is 5.51. The SMILES string of the molecule is CC(C)(C)C1CCC(=NNC(=O)c2ccc(Cl)cc2Cl)CC1. The van der Waals surface area contributed by atoms with Crippen LogP contribution in [0.1, 0.15) is 56.8 Å². The van der Waals surface area contributed by atoms with Gasteiger partial charge in [0.2, 0.25) is 0 Å². The van der Waals surface area contributed by atoms with Crippen molar-refractivity contribution < 1.29 is 4.79 Å². The molecule has 0 aromatic heterocycles. The lowest BCUT2D eigenvalue weighted by atomic mass is 9.72. The number of hydrazone groups is 1. The molecule has 1 fully saturated rings. The first kappa shape index (κ1) is 17.3. The average molecular weight is 341 g/mol. The molecule has 0 aliphatic heterocycles. The van der Waals surface area contributed by atoms with Gasteiger partial charge in [-0.25, -0.2) is 5.43 Å². The maximum atomic E-state index is 12.1. The van der Waals surface area contributed by atoms with Crippen molar-refractivity contribution in [2.45, 2.75) is 46.5 Å². The van der Waals surface area contributed by atoms with E-state index in [9.17, 15) is 4.79 Å². The maximum Gasteiger partial charge on any atom is 0.272 e. The minimum absolute atomic E-state index is 0.299. The molecule has 0 bridgehead atoms. The number of carbonyl (C=O) groups is 1. The molecule has 0 saturated heterocycles. The normalized spacial score (nSPS) is 19.0. The monoisotopic (exact) mass is 340 g/mol. The van der Waals surface area contributed by atoms with Crippen LogP contribution in [0.2, 0.25) is 10.0 Å². The van der Waals surface area contributed by atoms with E-state index in [-0.39, 0.29) is 5.91 Å². The summed E-state index contributed by atoms with van der Waals surface area (Å²) in [4.78, 5) is 12.1. The fourth-order valence-electron chi connectivity index (χ4n) is 2.79. The van der Waals surface area contributed by atoms with E-state index in [4.69, 9.17) is 23.2 Å². The fourth-order valence-corrected chi connectivity index (χ4v) is 3.29. The lowest BCUT2D eigenvalue weighted by Crippen LogP contribution is -2.27. The Balaban J connectivity index is 1.94. The van der Waals surface area contributed by atoms with Crippen LogP contribution in [-0.4, -0.2) is 11.6 Å². The predicted octanol–water partition coefficient (Wildman–Crippen LogP) is 5.32. The van der Waals surface area contributed by atoms with Gasteiger partial charge < -0.3 is 0 Å². The number of halogens is 2. The van der Waals surface area contributed by atoms with E-state index in [1.54, 1.807) is 18.2 Å². The molecule has 120 valence electrons. The van der Waals surface area contributed by atoms with Crippen LogP contribution in [0, 0.1) is 11.3 Å². The highest BCUT2D eigenvalue weighted by molar-refractivity contribution is 6.36. The van der Waals surface area contributed by atoms with Gasteiger partial charge in [0.05, 0.1) is 10.6 Å². The van der Waals surface area contributed by atoms with Crippen molar-refractivity contribution in [2.24, 2.45) is 16.4 Å². The number of hydrogen-bond acceptors (Lipinski definition) is 2. The molecular weight excluding hydrogens is 319 g/mol. The molecule has 0 spiro atoms. The van der Waals surface area contributed by atoms with Gasteiger partial charge in [-0.05, 0) is 55.2 Å². The third-order valence-corrected chi connectivity index (χ3v) is 4.83. The van der Waals surface area contributed by atoms with Crippen molar-refractivity contribution in [1.82, 2.24) is 5.43 Å². The Morgan fingerprint density at radius 1 is 1.23 bits per heavy atom. The first-order valence-electron chi connectivity index (χ1n) is 7.58. The number of carbonyl (C=O) groups excluding carboxylic acids is 1. The number of rotatable bonds is 2. The summed E-state index contributed by atoms with van der Waals surface area (Å²) in [5.41, 5.74) is 4.39. The molecule has 1 amide bonds. The smallest absolute Gasteiger partial charge is 0.267 e. The molecule has 3 nitrogen and oxygen atoms in total. The minimum atomic E-state index is -0.299. The molecule has 5 heteroatoms. The van der Waals surface area contributed by atoms with E-state index in [2.05, 4.69) is 31.3 Å². The van der Waals surface area contributed by atoms with Gasteiger partial charge in [0.15, 0.2) is 0 Å². The summed E-state index contributed by atoms with van der Waals surface area (Å²) in [6.07, 6.45) is 4.13. The lowest BCUT2D eigenvalue weighted by molar-refractivity contribution is 0.0954. The highest BCUT2D eigenvalue weighted by Crippen LogP contribution is 2.36. The van der Waals surface area contributed by atoms with Crippen molar-refractivity contribution in [3.05, 3.63) is 33.8 Å². The quantitative estimate of drug-likeness (QED) is 0.727. The van der Waals surface area contributed by atoms with Crippen LogP contribution in [0.25, 0.3) is 0 Å². The Labute approximate surface area is 142 Å². The predicted molar refractivity (Wildman–Crippen MR) is 92.8 cm³/mol. The molecule has 1 aliphatic carbocycles. The Hall–Kier alpha value is -1.06. The van der Waals surface area contributed by atoms with Crippen LogP contribution < -0.4 is 5.43 Å². The van der Waals surface area contributed by atoms with Crippen molar-refractivity contribution >= 4 is 34.8 Å². The number of nitrogens with zero attached hydrogens (tertiary/aromatic N) is 1. The topological polar surface area (TPSA) is 41.5 Å². The van der Waals surface area contributed by atoms with Crippen LogP contribution in [0.15, 0.2) is 23.3 Å². The van der Waals surface area contributed by atoms with Crippen molar-refractivity contribution in [1.29, 1.82) is 0 Å². The van der Waals surface area contributed by atoms with Crippen LogP contribution in [0.4, 0.5) is 0 Å². The molecule has 1 aromatic carbocycles. The van der Waals surface area contributed by atoms with Crippen LogP contribution in [-0.2, 0) is 0 Å². The number of nitrogens with one attached hydrogen (secondary N) is 1. The summed E-state index contributed by atoms with van der Waals surface area (Å²) in [5.74, 6) is 0.417. The second-order valence-electron chi connectivity index (χ2n) is 6.88. The lowest BCUT2D eigenvalue weighted by Gasteiger charge is -2.34. The van der Waals surface area contributed by atoms with Crippen LogP contribution in [0.5, 0.6) is 0 Å². The van der Waals surface area contributed by atoms with E-state index in [0.717, 1.165) is 31.4 Å². The zero-order chi connectivity index (χ0) is 16.3. The van der Waals surface area contributed by atoms with Gasteiger partial charge in [0, 0.05) is 10.7 Å². The molecule has 2 rings (SSSR count). The average Bonchev–Trinajstić information content (AvgIpc) is 2.44. The van der Waals surface area contributed by atoms with E-state index in [0.29, 0.717) is 26.9 Å². The van der Waals surface area contributed by atoms with E-state index in [1.165, 1.54) is 0 Å². The van der Waals surface area contributed by atoms with Gasteiger partial charge in [0.1, 0.15) is 0 Å². The van der Waals surface area contributed by atoms with Crippen LogP contribution in [0.3, 0.4) is 0 Å². The molecule has 0 radical (unpaired) electrons. The van der Waals surface area contributed by atoms with Crippen molar-refractivity contribution in [2.75, 3.05) is 0 Å². The number of amides is 1. The largest absolute Gasteiger partial charge is 0.272 e. The standard InChI is InChI=1S/C17H22Cl2N2O/c1-17(2,3)11-4-7-13(8-5-11)20-21-16(22)14-9-6-12(18)10-15(14)19/h6,9-11H,4-5,7-8H2,1-3H3,(H,21,22). The molecule has 1 N–H and O–H groups in total. The summed E-state index contributed by atoms with van der Waals surface area (Å²) in [5, 5.41) is 5.11. The molecule has 0 unspecified atom stereocenters. The van der Waals surface area contributed by atoms with Gasteiger partial charge >= 0.3 is 0 Å². The highest BCUT2D eigenvalue weighted by atomic mass is 35.5. The first-order chi connectivity index (χ1) is 10.3. The van der Waals surface area contributed by atoms with E-state index in [1.807, 2.05) is 0 Å². The zero-order valence-electron chi connectivity index (χ0n) is 13.2. The molecule has 1 aromatic rings. The minimum Gasteiger partial charge on any atom is -0.267 e. The number of benzene rings is 1. The Morgan fingerprint density at radius 3 is 2.41 bits per heavy atom.